The maximum atomic E-state index is 3.73. The molecule has 1 saturated heterocycles. The third-order valence-corrected chi connectivity index (χ3v) is 4.55. The molecule has 92 valence electrons. The SMILES string of the molecule is CCC1(Cc2cccc(C3CC3)c2)CCCN1. The highest BCUT2D eigenvalue weighted by Crippen LogP contribution is 2.40. The summed E-state index contributed by atoms with van der Waals surface area (Å²) in [6.07, 6.45) is 7.96. The second-order valence-corrected chi connectivity index (χ2v) is 5.86. The highest BCUT2D eigenvalue weighted by molar-refractivity contribution is 5.30. The van der Waals surface area contributed by atoms with Gasteiger partial charge in [0.25, 0.3) is 0 Å². The van der Waals surface area contributed by atoms with Crippen molar-refractivity contribution in [3.63, 3.8) is 0 Å². The highest BCUT2D eigenvalue weighted by Gasteiger charge is 2.32. The second kappa shape index (κ2) is 4.45. The van der Waals surface area contributed by atoms with Crippen molar-refractivity contribution in [2.45, 2.75) is 56.9 Å². The summed E-state index contributed by atoms with van der Waals surface area (Å²) in [7, 11) is 0. The maximum Gasteiger partial charge on any atom is 0.0219 e. The van der Waals surface area contributed by atoms with Gasteiger partial charge in [0.15, 0.2) is 0 Å². The van der Waals surface area contributed by atoms with Gasteiger partial charge in [-0.05, 0) is 62.1 Å². The van der Waals surface area contributed by atoms with Crippen molar-refractivity contribution in [2.75, 3.05) is 6.54 Å². The van der Waals surface area contributed by atoms with Crippen LogP contribution in [-0.2, 0) is 6.42 Å². The Morgan fingerprint density at radius 1 is 1.35 bits per heavy atom. The molecule has 1 heterocycles. The first-order chi connectivity index (χ1) is 8.31. The maximum absolute atomic E-state index is 3.73. The largest absolute Gasteiger partial charge is 0.311 e. The van der Waals surface area contributed by atoms with Gasteiger partial charge < -0.3 is 5.32 Å². The molecule has 0 radical (unpaired) electrons. The fourth-order valence-corrected chi connectivity index (χ4v) is 3.21. The van der Waals surface area contributed by atoms with E-state index in [1.807, 2.05) is 0 Å². The van der Waals surface area contributed by atoms with Gasteiger partial charge in [0, 0.05) is 5.54 Å². The topological polar surface area (TPSA) is 12.0 Å². The molecule has 1 saturated carbocycles. The molecule has 1 aliphatic heterocycles. The molecule has 1 aromatic rings. The summed E-state index contributed by atoms with van der Waals surface area (Å²) >= 11 is 0. The van der Waals surface area contributed by atoms with E-state index in [4.69, 9.17) is 0 Å². The zero-order valence-corrected chi connectivity index (χ0v) is 10.8. The molecular weight excluding hydrogens is 206 g/mol. The van der Waals surface area contributed by atoms with Gasteiger partial charge >= 0.3 is 0 Å². The van der Waals surface area contributed by atoms with Crippen molar-refractivity contribution in [3.05, 3.63) is 35.4 Å². The lowest BCUT2D eigenvalue weighted by Gasteiger charge is -2.28. The van der Waals surface area contributed by atoms with Gasteiger partial charge in [-0.25, -0.2) is 0 Å². The molecule has 3 rings (SSSR count). The van der Waals surface area contributed by atoms with Crippen molar-refractivity contribution in [3.8, 4) is 0 Å². The first-order valence-corrected chi connectivity index (χ1v) is 7.15. The van der Waals surface area contributed by atoms with Crippen LogP contribution in [-0.4, -0.2) is 12.1 Å². The van der Waals surface area contributed by atoms with Gasteiger partial charge in [-0.1, -0.05) is 31.2 Å². The third kappa shape index (κ3) is 2.40. The molecule has 1 nitrogen and oxygen atoms in total. The van der Waals surface area contributed by atoms with E-state index in [1.165, 1.54) is 50.6 Å². The van der Waals surface area contributed by atoms with Crippen LogP contribution in [0.1, 0.15) is 56.1 Å². The quantitative estimate of drug-likeness (QED) is 0.831. The van der Waals surface area contributed by atoms with Crippen LogP contribution in [0.3, 0.4) is 0 Å². The summed E-state index contributed by atoms with van der Waals surface area (Å²) in [4.78, 5) is 0. The van der Waals surface area contributed by atoms with Crippen LogP contribution < -0.4 is 5.32 Å². The van der Waals surface area contributed by atoms with Crippen molar-refractivity contribution >= 4 is 0 Å². The molecular formula is C16H23N. The monoisotopic (exact) mass is 229 g/mol. The first-order valence-electron chi connectivity index (χ1n) is 7.15. The Kier molecular flexibility index (Phi) is 2.96. The lowest BCUT2D eigenvalue weighted by Crippen LogP contribution is -2.41. The minimum Gasteiger partial charge on any atom is -0.311 e. The van der Waals surface area contributed by atoms with E-state index < -0.39 is 0 Å². The Hall–Kier alpha value is -0.820. The van der Waals surface area contributed by atoms with Gasteiger partial charge in [-0.15, -0.1) is 0 Å². The summed E-state index contributed by atoms with van der Waals surface area (Å²) in [5.41, 5.74) is 3.50. The van der Waals surface area contributed by atoms with Crippen LogP contribution in [0.4, 0.5) is 0 Å². The molecule has 1 N–H and O–H groups in total. The fraction of sp³-hybridized carbons (Fsp3) is 0.625. The Labute approximate surface area is 105 Å². The van der Waals surface area contributed by atoms with Gasteiger partial charge in [-0.3, -0.25) is 0 Å². The molecule has 1 unspecified atom stereocenters. The normalized spacial score (nSPS) is 28.5. The summed E-state index contributed by atoms with van der Waals surface area (Å²) in [5.74, 6) is 0.879. The molecule has 1 aliphatic carbocycles. The summed E-state index contributed by atoms with van der Waals surface area (Å²) in [5, 5.41) is 3.73. The van der Waals surface area contributed by atoms with Crippen molar-refractivity contribution < 1.29 is 0 Å². The molecule has 2 fully saturated rings. The first kappa shape index (κ1) is 11.3. The van der Waals surface area contributed by atoms with Crippen LogP contribution in [0, 0.1) is 0 Å². The van der Waals surface area contributed by atoms with Crippen molar-refractivity contribution in [1.82, 2.24) is 5.32 Å². The number of rotatable bonds is 4. The molecule has 0 bridgehead atoms. The van der Waals surface area contributed by atoms with Gasteiger partial charge in [0.1, 0.15) is 0 Å². The zero-order valence-electron chi connectivity index (χ0n) is 10.8. The molecule has 2 aliphatic rings. The fourth-order valence-electron chi connectivity index (χ4n) is 3.21. The van der Waals surface area contributed by atoms with Gasteiger partial charge in [0.05, 0.1) is 0 Å². The predicted octanol–water partition coefficient (Wildman–Crippen LogP) is 3.64. The van der Waals surface area contributed by atoms with Gasteiger partial charge in [-0.2, -0.15) is 0 Å². The van der Waals surface area contributed by atoms with E-state index in [0.29, 0.717) is 5.54 Å². The van der Waals surface area contributed by atoms with E-state index in [0.717, 1.165) is 5.92 Å². The molecule has 0 aromatic heterocycles. The lowest BCUT2D eigenvalue weighted by molar-refractivity contribution is 0.360. The average Bonchev–Trinajstić information content (AvgIpc) is 3.11. The molecule has 0 amide bonds. The van der Waals surface area contributed by atoms with Gasteiger partial charge in [0.2, 0.25) is 0 Å². The van der Waals surface area contributed by atoms with Crippen molar-refractivity contribution in [1.29, 1.82) is 0 Å². The van der Waals surface area contributed by atoms with E-state index in [2.05, 4.69) is 36.5 Å². The van der Waals surface area contributed by atoms with Crippen LogP contribution in [0.5, 0.6) is 0 Å². The minimum atomic E-state index is 0.391. The molecule has 1 heteroatoms. The average molecular weight is 229 g/mol. The number of benzene rings is 1. The predicted molar refractivity (Wildman–Crippen MR) is 72.4 cm³/mol. The Bertz CT molecular complexity index is 386. The van der Waals surface area contributed by atoms with E-state index in [9.17, 15) is 0 Å². The van der Waals surface area contributed by atoms with Crippen LogP contribution in [0.2, 0.25) is 0 Å². The lowest BCUT2D eigenvalue weighted by atomic mass is 9.86. The summed E-state index contributed by atoms with van der Waals surface area (Å²) in [6, 6.07) is 9.32. The Balaban J connectivity index is 1.77. The van der Waals surface area contributed by atoms with E-state index >= 15 is 0 Å². The number of hydrogen-bond acceptors (Lipinski definition) is 1. The number of nitrogens with one attached hydrogen (secondary N) is 1. The zero-order chi connectivity index (χ0) is 11.7. The molecule has 1 aromatic carbocycles. The highest BCUT2D eigenvalue weighted by atomic mass is 15.0. The Morgan fingerprint density at radius 2 is 2.24 bits per heavy atom. The van der Waals surface area contributed by atoms with Crippen molar-refractivity contribution in [2.24, 2.45) is 0 Å². The molecule has 1 atom stereocenters. The third-order valence-electron chi connectivity index (χ3n) is 4.55. The smallest absolute Gasteiger partial charge is 0.0219 e. The van der Waals surface area contributed by atoms with Crippen LogP contribution >= 0.6 is 0 Å². The Morgan fingerprint density at radius 3 is 2.88 bits per heavy atom. The second-order valence-electron chi connectivity index (χ2n) is 5.86. The molecule has 17 heavy (non-hydrogen) atoms. The van der Waals surface area contributed by atoms with E-state index in [1.54, 1.807) is 5.56 Å². The summed E-state index contributed by atoms with van der Waals surface area (Å²) < 4.78 is 0. The minimum absolute atomic E-state index is 0.391. The van der Waals surface area contributed by atoms with E-state index in [-0.39, 0.29) is 0 Å². The summed E-state index contributed by atoms with van der Waals surface area (Å²) in [6.45, 7) is 3.53. The standard InChI is InChI=1S/C16H23N/c1-2-16(9-4-10-17-16)12-13-5-3-6-15(11-13)14-7-8-14/h3,5-6,11,14,17H,2,4,7-10,12H2,1H3. The van der Waals surface area contributed by atoms with Crippen LogP contribution in [0.25, 0.3) is 0 Å². The molecule has 0 spiro atoms. The number of hydrogen-bond donors (Lipinski definition) is 1. The van der Waals surface area contributed by atoms with Crippen LogP contribution in [0.15, 0.2) is 24.3 Å².